The molecule has 0 fully saturated rings. The highest BCUT2D eigenvalue weighted by molar-refractivity contribution is 5.96. The molecule has 2 amide bonds. The second kappa shape index (κ2) is 14.6. The number of carbonyl (C=O) groups excluding carboxylic acids is 2. The topological polar surface area (TPSA) is 119 Å². The Morgan fingerprint density at radius 3 is 2.36 bits per heavy atom. The summed E-state index contributed by atoms with van der Waals surface area (Å²) in [6.07, 6.45) is 5.70. The normalized spacial score (nSPS) is 15.8. The zero-order valence-electron chi connectivity index (χ0n) is 26.9. The maximum atomic E-state index is 14.1. The number of aromatic nitrogens is 3. The number of aromatic amines is 1. The second-order valence-electron chi connectivity index (χ2n) is 12.1. The Hall–Kier alpha value is -5.06. The van der Waals surface area contributed by atoms with Crippen LogP contribution in [-0.2, 0) is 6.54 Å². The van der Waals surface area contributed by atoms with Gasteiger partial charge in [0.1, 0.15) is 24.8 Å². The average molecular weight is 640 g/mol. The first-order valence-corrected chi connectivity index (χ1v) is 16.3. The minimum atomic E-state index is -0.230. The van der Waals surface area contributed by atoms with Gasteiger partial charge in [0.05, 0.1) is 12.2 Å². The van der Waals surface area contributed by atoms with Gasteiger partial charge in [0.2, 0.25) is 5.56 Å². The van der Waals surface area contributed by atoms with E-state index in [1.165, 1.54) is 6.07 Å². The van der Waals surface area contributed by atoms with E-state index in [4.69, 9.17) is 14.2 Å². The maximum absolute atomic E-state index is 14.1. The van der Waals surface area contributed by atoms with Gasteiger partial charge in [0, 0.05) is 68.0 Å². The van der Waals surface area contributed by atoms with E-state index >= 15 is 0 Å². The van der Waals surface area contributed by atoms with E-state index in [-0.39, 0.29) is 23.3 Å². The molecule has 0 spiro atoms. The van der Waals surface area contributed by atoms with Crippen molar-refractivity contribution in [2.24, 2.45) is 0 Å². The van der Waals surface area contributed by atoms with Crippen LogP contribution in [-0.4, -0.2) is 82.1 Å². The maximum Gasteiger partial charge on any atom is 0.255 e. The highest BCUT2D eigenvalue weighted by Gasteiger charge is 2.23. The molecule has 1 N–H and O–H groups in total. The zero-order chi connectivity index (χ0) is 32.8. The molecule has 11 heteroatoms. The largest absolute Gasteiger partial charge is 0.494 e. The molecule has 0 radical (unpaired) electrons. The molecule has 6 rings (SSSR count). The number of fused-ring (bicyclic) bond motifs is 5. The highest BCUT2D eigenvalue weighted by atomic mass is 16.6. The van der Waals surface area contributed by atoms with Crippen molar-refractivity contribution in [3.63, 3.8) is 0 Å². The van der Waals surface area contributed by atoms with Crippen molar-refractivity contribution < 1.29 is 23.8 Å². The molecule has 2 aromatic carbocycles. The summed E-state index contributed by atoms with van der Waals surface area (Å²) in [6, 6.07) is 16.2. The molecule has 47 heavy (non-hydrogen) atoms. The Morgan fingerprint density at radius 1 is 0.787 bits per heavy atom. The lowest BCUT2D eigenvalue weighted by molar-refractivity contribution is 0.0712. The highest BCUT2D eigenvalue weighted by Crippen LogP contribution is 2.31. The average Bonchev–Trinajstić information content (AvgIpc) is 3.56. The fourth-order valence-electron chi connectivity index (χ4n) is 6.05. The number of ether oxygens (including phenoxy) is 3. The fraction of sp³-hybridized carbons (Fsp3) is 0.389. The van der Waals surface area contributed by atoms with Crippen molar-refractivity contribution in [2.45, 2.75) is 45.6 Å². The standard InChI is InChI=1S/C36H41N5O6/c1-25(2)33-29(10-12-32(42)38-33)36(44)41-15-4-3-14-40(35(43)27-9-11-30-31(24-27)47-22-21-46-30)16-6-20-45-28-8-5-7-26(23-28)34-37-13-17-39(34)18-19-41/h5,7-13,17,23-25H,3-4,6,14-16,18-22H2,1-2H3,(H,38,42). The van der Waals surface area contributed by atoms with Crippen molar-refractivity contribution in [1.29, 1.82) is 0 Å². The van der Waals surface area contributed by atoms with Crippen LogP contribution in [0.4, 0.5) is 0 Å². The van der Waals surface area contributed by atoms with Crippen molar-refractivity contribution >= 4 is 11.8 Å². The van der Waals surface area contributed by atoms with Crippen molar-refractivity contribution in [1.82, 2.24) is 24.3 Å². The SMILES string of the molecule is CC(C)c1[nH]c(=O)ccc1C(=O)N1CCCCN(C(=O)c2ccc3c(c2)OCCO3)CCCOc2cccc(c2)-c2nccn2CC1. The molecule has 246 valence electrons. The van der Waals surface area contributed by atoms with Crippen LogP contribution in [0.5, 0.6) is 17.2 Å². The van der Waals surface area contributed by atoms with Crippen LogP contribution in [0.2, 0.25) is 0 Å². The van der Waals surface area contributed by atoms with Crippen LogP contribution in [0, 0.1) is 0 Å². The first kappa shape index (κ1) is 31.9. The van der Waals surface area contributed by atoms with Crippen LogP contribution in [0.15, 0.2) is 71.8 Å². The Labute approximate surface area is 274 Å². The Balaban J connectivity index is 1.26. The summed E-state index contributed by atoms with van der Waals surface area (Å²) in [5.74, 6) is 2.47. The Bertz CT molecular complexity index is 1780. The molecular formula is C36H41N5O6. The monoisotopic (exact) mass is 639 g/mol. The molecule has 4 heterocycles. The number of amides is 2. The van der Waals surface area contributed by atoms with E-state index in [1.807, 2.05) is 58.7 Å². The lowest BCUT2D eigenvalue weighted by atomic mass is 10.0. The van der Waals surface area contributed by atoms with Gasteiger partial charge in [-0.05, 0) is 61.6 Å². The molecular weight excluding hydrogens is 598 g/mol. The third-order valence-corrected chi connectivity index (χ3v) is 8.49. The zero-order valence-corrected chi connectivity index (χ0v) is 26.9. The van der Waals surface area contributed by atoms with Crippen LogP contribution >= 0.6 is 0 Å². The molecule has 0 saturated heterocycles. The van der Waals surface area contributed by atoms with Crippen LogP contribution < -0.4 is 19.8 Å². The number of imidazole rings is 1. The predicted molar refractivity (Wildman–Crippen MR) is 177 cm³/mol. The quantitative estimate of drug-likeness (QED) is 0.336. The number of hydrogen-bond acceptors (Lipinski definition) is 7. The molecule has 0 atom stereocenters. The molecule has 0 aliphatic carbocycles. The van der Waals surface area contributed by atoms with E-state index < -0.39 is 0 Å². The molecule has 0 saturated carbocycles. The molecule has 0 unspecified atom stereocenters. The molecule has 4 aromatic rings. The first-order valence-electron chi connectivity index (χ1n) is 16.3. The number of pyridine rings is 1. The molecule has 2 aliphatic heterocycles. The van der Waals surface area contributed by atoms with Gasteiger partial charge in [-0.15, -0.1) is 0 Å². The van der Waals surface area contributed by atoms with Gasteiger partial charge in [-0.25, -0.2) is 4.98 Å². The summed E-state index contributed by atoms with van der Waals surface area (Å²) >= 11 is 0. The smallest absolute Gasteiger partial charge is 0.255 e. The van der Waals surface area contributed by atoms with E-state index in [1.54, 1.807) is 30.5 Å². The lowest BCUT2D eigenvalue weighted by Crippen LogP contribution is -2.37. The summed E-state index contributed by atoms with van der Waals surface area (Å²) < 4.78 is 19.5. The van der Waals surface area contributed by atoms with Crippen molar-refractivity contribution in [3.05, 3.63) is 94.2 Å². The van der Waals surface area contributed by atoms with Gasteiger partial charge in [-0.2, -0.15) is 0 Å². The third kappa shape index (κ3) is 7.51. The van der Waals surface area contributed by atoms with Crippen LogP contribution in [0.25, 0.3) is 11.4 Å². The van der Waals surface area contributed by atoms with Gasteiger partial charge >= 0.3 is 0 Å². The van der Waals surface area contributed by atoms with Crippen LogP contribution in [0.3, 0.4) is 0 Å². The van der Waals surface area contributed by atoms with Gasteiger partial charge < -0.3 is 33.6 Å². The van der Waals surface area contributed by atoms with Gasteiger partial charge in [0.15, 0.2) is 11.5 Å². The summed E-state index contributed by atoms with van der Waals surface area (Å²) in [6.45, 7) is 7.79. The van der Waals surface area contributed by atoms with E-state index in [2.05, 4.69) is 9.97 Å². The minimum absolute atomic E-state index is 0.0333. The number of nitrogens with one attached hydrogen (secondary N) is 1. The molecule has 2 aromatic heterocycles. The van der Waals surface area contributed by atoms with E-state index in [9.17, 15) is 14.4 Å². The lowest BCUT2D eigenvalue weighted by Gasteiger charge is -2.27. The number of rotatable bonds is 3. The van der Waals surface area contributed by atoms with E-state index in [0.29, 0.717) is 100 Å². The van der Waals surface area contributed by atoms with Gasteiger partial charge in [-0.1, -0.05) is 26.0 Å². The Morgan fingerprint density at radius 2 is 1.55 bits per heavy atom. The first-order chi connectivity index (χ1) is 22.9. The number of H-pyrrole nitrogens is 1. The van der Waals surface area contributed by atoms with E-state index in [0.717, 1.165) is 17.1 Å². The summed E-state index contributed by atoms with van der Waals surface area (Å²) in [5, 5.41) is 0. The van der Waals surface area contributed by atoms with Gasteiger partial charge in [0.25, 0.3) is 11.8 Å². The fourth-order valence-corrected chi connectivity index (χ4v) is 6.05. The third-order valence-electron chi connectivity index (χ3n) is 8.49. The summed E-state index contributed by atoms with van der Waals surface area (Å²) in [7, 11) is 0. The van der Waals surface area contributed by atoms with Crippen LogP contribution in [0.1, 0.15) is 65.4 Å². The molecule has 2 bridgehead atoms. The van der Waals surface area contributed by atoms with Gasteiger partial charge in [-0.3, -0.25) is 14.4 Å². The summed E-state index contributed by atoms with van der Waals surface area (Å²) in [4.78, 5) is 51.2. The molecule has 11 nitrogen and oxygen atoms in total. The van der Waals surface area contributed by atoms with Crippen molar-refractivity contribution in [3.8, 4) is 28.6 Å². The number of benzene rings is 2. The number of nitrogens with zero attached hydrogens (tertiary/aromatic N) is 4. The predicted octanol–water partition coefficient (Wildman–Crippen LogP) is 4.98. The van der Waals surface area contributed by atoms with Crippen molar-refractivity contribution in [2.75, 3.05) is 46.0 Å². The number of carbonyl (C=O) groups is 2. The number of hydrogen-bond donors (Lipinski definition) is 1. The second-order valence-corrected chi connectivity index (χ2v) is 12.1. The minimum Gasteiger partial charge on any atom is -0.494 e. The Kier molecular flexibility index (Phi) is 9.89. The summed E-state index contributed by atoms with van der Waals surface area (Å²) in [5.41, 5.74) is 2.34. The molecule has 2 aliphatic rings.